The van der Waals surface area contributed by atoms with E-state index in [1.54, 1.807) is 84.9 Å². The van der Waals surface area contributed by atoms with E-state index in [9.17, 15) is 24.6 Å². The smallest absolute Gasteiger partial charge is 0.273 e. The summed E-state index contributed by atoms with van der Waals surface area (Å²) >= 11 is 0. The highest BCUT2D eigenvalue weighted by Gasteiger charge is 2.33. The lowest BCUT2D eigenvalue weighted by Crippen LogP contribution is -2.29. The van der Waals surface area contributed by atoms with E-state index in [1.807, 2.05) is 0 Å². The number of ether oxygens (including phenoxy) is 6. The van der Waals surface area contributed by atoms with E-state index in [1.165, 1.54) is 42.7 Å². The van der Waals surface area contributed by atoms with Crippen LogP contribution in [0, 0.1) is 0 Å². The van der Waals surface area contributed by atoms with Gasteiger partial charge in [-0.3, -0.25) is 14.4 Å². The first kappa shape index (κ1) is 38.9. The number of rotatable bonds is 18. The van der Waals surface area contributed by atoms with Crippen molar-refractivity contribution >= 4 is 28.5 Å². The van der Waals surface area contributed by atoms with Gasteiger partial charge in [0.15, 0.2) is 23.0 Å². The summed E-state index contributed by atoms with van der Waals surface area (Å²) in [7, 11) is 8.95. The van der Waals surface area contributed by atoms with E-state index >= 15 is 0 Å². The molecule has 0 aliphatic carbocycles. The lowest BCUT2D eigenvalue weighted by Gasteiger charge is -2.19. The molecule has 2 N–H and O–H groups in total. The van der Waals surface area contributed by atoms with Crippen LogP contribution in [0.4, 0.5) is 0 Å². The van der Waals surface area contributed by atoms with Crippen LogP contribution in [0.2, 0.25) is 0 Å². The molecule has 52 heavy (non-hydrogen) atoms. The summed E-state index contributed by atoms with van der Waals surface area (Å²) in [6, 6.07) is 23.6. The molecule has 0 aliphatic rings. The topological polar surface area (TPSA) is 147 Å². The number of methoxy groups -OCH3 is 6. The summed E-state index contributed by atoms with van der Waals surface area (Å²) in [6.07, 6.45) is -0.513. The number of aliphatic hydroxyl groups is 2. The molecule has 11 heteroatoms. The van der Waals surface area contributed by atoms with Gasteiger partial charge in [-0.1, -0.05) is 36.4 Å². The summed E-state index contributed by atoms with van der Waals surface area (Å²) < 4.78 is 32.5. The number of carbonyl (C=O) groups is 3. The fourth-order valence-corrected chi connectivity index (χ4v) is 5.83. The highest BCUT2D eigenvalue weighted by Crippen LogP contribution is 2.38. The maximum atomic E-state index is 14.4. The van der Waals surface area contributed by atoms with Gasteiger partial charge < -0.3 is 38.6 Å². The molecule has 0 unspecified atom stereocenters. The molecule has 4 aromatic carbocycles. The van der Waals surface area contributed by atoms with Crippen LogP contribution in [0.5, 0.6) is 34.5 Å². The summed E-state index contributed by atoms with van der Waals surface area (Å²) in [4.78, 5) is 43.0. The van der Waals surface area contributed by atoms with E-state index in [-0.39, 0.29) is 24.0 Å². The molecule has 0 radical (unpaired) electrons. The van der Waals surface area contributed by atoms with Gasteiger partial charge >= 0.3 is 0 Å². The van der Waals surface area contributed by atoms with Gasteiger partial charge in [0.05, 0.1) is 42.7 Å². The van der Waals surface area contributed by atoms with E-state index in [2.05, 4.69) is 0 Å². The second kappa shape index (κ2) is 18.4. The molecule has 11 nitrogen and oxygen atoms in total. The zero-order valence-electron chi connectivity index (χ0n) is 30.0. The van der Waals surface area contributed by atoms with E-state index in [0.717, 1.165) is 0 Å². The van der Waals surface area contributed by atoms with Gasteiger partial charge in [0.25, 0.3) is 5.78 Å². The third-order valence-electron chi connectivity index (χ3n) is 8.39. The normalized spacial score (nSPS) is 11.8. The monoisotopic (exact) mass is 710 g/mol. The van der Waals surface area contributed by atoms with Crippen molar-refractivity contribution in [1.29, 1.82) is 0 Å². The molecule has 0 saturated carbocycles. The number of Topliss-reactive ketones (excluding diaryl/α,β-unsaturated/α-hetero) is 3. The van der Waals surface area contributed by atoms with Crippen molar-refractivity contribution in [2.45, 2.75) is 12.8 Å². The molecule has 4 rings (SSSR count). The first-order chi connectivity index (χ1) is 25.2. The number of aliphatic hydroxyl groups excluding tert-OH is 2. The average Bonchev–Trinajstić information content (AvgIpc) is 3.19. The maximum Gasteiger partial charge on any atom is 0.273 e. The van der Waals surface area contributed by atoms with Crippen molar-refractivity contribution < 1.29 is 53.0 Å². The SMILES string of the molecule is COc1ccc(C(=C(CCO)C(=O)C(=O)C(=O)C(CCO)=C(c2ccc(OC)cc2)c2ccc(OC)c(OC)c2)c2ccc(OC)c(OC)c2)cc1. The molecule has 0 saturated heterocycles. The second-order valence-corrected chi connectivity index (χ2v) is 11.2. The fourth-order valence-electron chi connectivity index (χ4n) is 5.83. The van der Waals surface area contributed by atoms with Crippen LogP contribution in [0.25, 0.3) is 11.1 Å². The van der Waals surface area contributed by atoms with Crippen LogP contribution < -0.4 is 28.4 Å². The molecule has 0 aromatic heterocycles. The standard InChI is InChI=1S/C41H42O11/c1-47-29-13-7-25(8-14-29)37(27-11-17-33(49-3)35(23-27)51-5)31(19-21-42)39(44)41(46)40(45)32(20-22-43)38(26-9-15-30(48-2)16-10-26)28-12-18-34(50-4)36(24-28)52-6/h7-18,23-24,42-43H,19-22H2,1-6H3. The quantitative estimate of drug-likeness (QED) is 0.0765. The third kappa shape index (κ3) is 8.51. The van der Waals surface area contributed by atoms with Gasteiger partial charge in [-0.25, -0.2) is 0 Å². The maximum absolute atomic E-state index is 14.4. The number of ketones is 3. The van der Waals surface area contributed by atoms with E-state index in [4.69, 9.17) is 28.4 Å². The summed E-state index contributed by atoms with van der Waals surface area (Å²) in [5.74, 6) is -0.887. The highest BCUT2D eigenvalue weighted by molar-refractivity contribution is 6.70. The second-order valence-electron chi connectivity index (χ2n) is 11.2. The van der Waals surface area contributed by atoms with Crippen LogP contribution in [-0.2, 0) is 14.4 Å². The Morgan fingerprint density at radius 3 is 1.04 bits per heavy atom. The molecule has 0 spiro atoms. The van der Waals surface area contributed by atoms with Crippen LogP contribution >= 0.6 is 0 Å². The highest BCUT2D eigenvalue weighted by atomic mass is 16.5. The number of hydrogen-bond donors (Lipinski definition) is 2. The molecule has 0 atom stereocenters. The Balaban J connectivity index is 1.98. The largest absolute Gasteiger partial charge is 0.497 e. The number of benzene rings is 4. The van der Waals surface area contributed by atoms with Gasteiger partial charge in [0, 0.05) is 37.2 Å². The van der Waals surface area contributed by atoms with Crippen LogP contribution in [-0.4, -0.2) is 83.4 Å². The zero-order valence-corrected chi connectivity index (χ0v) is 30.0. The Bertz CT molecular complexity index is 1810. The Labute approximate surface area is 302 Å². The van der Waals surface area contributed by atoms with Crippen LogP contribution in [0.3, 0.4) is 0 Å². The molecule has 4 aromatic rings. The van der Waals surface area contributed by atoms with Crippen LogP contribution in [0.1, 0.15) is 35.1 Å². The van der Waals surface area contributed by atoms with Crippen molar-refractivity contribution in [1.82, 2.24) is 0 Å². The van der Waals surface area contributed by atoms with Gasteiger partial charge in [-0.2, -0.15) is 0 Å². The molecule has 0 heterocycles. The molecule has 0 fully saturated rings. The first-order valence-corrected chi connectivity index (χ1v) is 16.2. The van der Waals surface area contributed by atoms with Crippen LogP contribution in [0.15, 0.2) is 96.1 Å². The lowest BCUT2D eigenvalue weighted by atomic mass is 9.84. The van der Waals surface area contributed by atoms with Gasteiger partial charge in [-0.15, -0.1) is 0 Å². The molecular weight excluding hydrogens is 668 g/mol. The first-order valence-electron chi connectivity index (χ1n) is 16.2. The number of carbonyl (C=O) groups excluding carboxylic acids is 3. The average molecular weight is 711 g/mol. The van der Waals surface area contributed by atoms with Crippen molar-refractivity contribution in [3.8, 4) is 34.5 Å². The van der Waals surface area contributed by atoms with Gasteiger partial charge in [0.1, 0.15) is 11.5 Å². The van der Waals surface area contributed by atoms with Gasteiger partial charge in [0.2, 0.25) is 11.6 Å². The zero-order chi connectivity index (χ0) is 37.8. The van der Waals surface area contributed by atoms with Crippen molar-refractivity contribution in [3.05, 3.63) is 118 Å². The lowest BCUT2D eigenvalue weighted by molar-refractivity contribution is -0.141. The van der Waals surface area contributed by atoms with E-state index < -0.39 is 30.6 Å². The predicted octanol–water partition coefficient (Wildman–Crippen LogP) is 5.51. The van der Waals surface area contributed by atoms with Crippen molar-refractivity contribution in [2.24, 2.45) is 0 Å². The molecule has 0 amide bonds. The van der Waals surface area contributed by atoms with Crippen molar-refractivity contribution in [2.75, 3.05) is 55.9 Å². The fraction of sp³-hybridized carbons (Fsp3) is 0.244. The summed E-state index contributed by atoms with van der Waals surface area (Å²) in [6.45, 7) is -1.00. The Morgan fingerprint density at radius 2 is 0.750 bits per heavy atom. The minimum atomic E-state index is -1.34. The third-order valence-corrected chi connectivity index (χ3v) is 8.39. The molecule has 272 valence electrons. The minimum Gasteiger partial charge on any atom is -0.497 e. The molecule has 0 bridgehead atoms. The van der Waals surface area contributed by atoms with Crippen molar-refractivity contribution in [3.63, 3.8) is 0 Å². The van der Waals surface area contributed by atoms with E-state index in [0.29, 0.717) is 67.9 Å². The summed E-state index contributed by atoms with van der Waals surface area (Å²) in [5.41, 5.74) is 2.36. The Hall–Kier alpha value is -5.91. The summed E-state index contributed by atoms with van der Waals surface area (Å²) in [5, 5.41) is 20.4. The predicted molar refractivity (Wildman–Crippen MR) is 196 cm³/mol. The molecule has 0 aliphatic heterocycles. The Morgan fingerprint density at radius 1 is 0.423 bits per heavy atom. The molecular formula is C41H42O11. The van der Waals surface area contributed by atoms with Gasteiger partial charge in [-0.05, 0) is 81.9 Å². The Kier molecular flexibility index (Phi) is 13.7. The number of hydrogen-bond acceptors (Lipinski definition) is 11. The minimum absolute atomic E-state index is 0.0984.